The van der Waals surface area contributed by atoms with Crippen LogP contribution in [-0.4, -0.2) is 38.9 Å². The smallest absolute Gasteiger partial charge is 0.416 e. The molecule has 2 amide bonds. The van der Waals surface area contributed by atoms with E-state index < -0.39 is 48.1 Å². The van der Waals surface area contributed by atoms with Crippen molar-refractivity contribution < 1.29 is 36.8 Å². The van der Waals surface area contributed by atoms with Crippen LogP contribution in [0.4, 0.5) is 13.2 Å². The molecular formula is C23H18F3N3O5. The Balaban J connectivity index is 1.48. The fourth-order valence-electron chi connectivity index (χ4n) is 3.62. The zero-order valence-electron chi connectivity index (χ0n) is 18.0. The van der Waals surface area contributed by atoms with Gasteiger partial charge in [-0.05, 0) is 30.2 Å². The fraction of sp³-hybridized carbons (Fsp3) is 0.261. The number of amides is 2. The van der Waals surface area contributed by atoms with Crippen LogP contribution in [0.3, 0.4) is 0 Å². The summed E-state index contributed by atoms with van der Waals surface area (Å²) in [5.74, 6) is -2.79. The van der Waals surface area contributed by atoms with Crippen LogP contribution >= 0.6 is 0 Å². The molecule has 1 aliphatic rings. The minimum absolute atomic E-state index is 0.0715. The van der Waals surface area contributed by atoms with E-state index in [1.165, 1.54) is 24.3 Å². The SMILES string of the molecule is CC(C)[C@@H](C(=O)OCc1nc(-c2cccc(C(F)(F)F)c2)no1)N1C(=O)c2ccccc2C1=O. The highest BCUT2D eigenvalue weighted by molar-refractivity contribution is 6.22. The van der Waals surface area contributed by atoms with Crippen molar-refractivity contribution in [3.05, 3.63) is 71.1 Å². The number of rotatable bonds is 6. The molecule has 8 nitrogen and oxygen atoms in total. The maximum absolute atomic E-state index is 12.9. The molecule has 2 aromatic carbocycles. The van der Waals surface area contributed by atoms with Gasteiger partial charge in [0.15, 0.2) is 6.61 Å². The van der Waals surface area contributed by atoms with Crippen molar-refractivity contribution in [1.29, 1.82) is 0 Å². The predicted octanol–water partition coefficient (Wildman–Crippen LogP) is 4.12. The van der Waals surface area contributed by atoms with E-state index in [1.807, 2.05) is 0 Å². The largest absolute Gasteiger partial charge is 0.454 e. The topological polar surface area (TPSA) is 103 Å². The van der Waals surface area contributed by atoms with Gasteiger partial charge in [0.1, 0.15) is 6.04 Å². The summed E-state index contributed by atoms with van der Waals surface area (Å²) in [6, 6.07) is 9.43. The molecule has 1 aromatic heterocycles. The molecule has 176 valence electrons. The summed E-state index contributed by atoms with van der Waals surface area (Å²) in [5.41, 5.74) is -0.395. The van der Waals surface area contributed by atoms with E-state index in [0.717, 1.165) is 17.0 Å². The second-order valence-electron chi connectivity index (χ2n) is 7.91. The average molecular weight is 473 g/mol. The molecule has 0 spiro atoms. The first-order valence-corrected chi connectivity index (χ1v) is 10.2. The van der Waals surface area contributed by atoms with Crippen molar-refractivity contribution in [3.63, 3.8) is 0 Å². The Morgan fingerprint density at radius 1 is 1.06 bits per heavy atom. The number of hydrogen-bond donors (Lipinski definition) is 0. The lowest BCUT2D eigenvalue weighted by atomic mass is 10.0. The number of hydrogen-bond acceptors (Lipinski definition) is 7. The third-order valence-electron chi connectivity index (χ3n) is 5.23. The number of benzene rings is 2. The van der Waals surface area contributed by atoms with E-state index in [4.69, 9.17) is 9.26 Å². The number of esters is 1. The molecule has 3 aromatic rings. The standard InChI is InChI=1S/C23H18F3N3O5/c1-12(2)18(29-20(30)15-8-3-4-9-16(15)21(29)31)22(32)33-11-17-27-19(28-34-17)13-6-5-7-14(10-13)23(24,25)26/h3-10,12,18H,11H2,1-2H3/t18-/m0/s1. The van der Waals surface area contributed by atoms with Crippen LogP contribution in [0, 0.1) is 5.92 Å². The molecular weight excluding hydrogens is 455 g/mol. The first kappa shape index (κ1) is 23.1. The molecule has 0 radical (unpaired) electrons. The van der Waals surface area contributed by atoms with Gasteiger partial charge in [0.05, 0.1) is 16.7 Å². The monoisotopic (exact) mass is 473 g/mol. The number of imide groups is 1. The highest BCUT2D eigenvalue weighted by Gasteiger charge is 2.44. The van der Waals surface area contributed by atoms with Crippen LogP contribution < -0.4 is 0 Å². The van der Waals surface area contributed by atoms with Crippen LogP contribution in [0.15, 0.2) is 53.1 Å². The number of nitrogens with zero attached hydrogens (tertiary/aromatic N) is 3. The Hall–Kier alpha value is -4.02. The summed E-state index contributed by atoms with van der Waals surface area (Å²) in [6.45, 7) is 2.83. The minimum atomic E-state index is -4.53. The maximum Gasteiger partial charge on any atom is 0.416 e. The number of fused-ring (bicyclic) bond motifs is 1. The lowest BCUT2D eigenvalue weighted by Crippen LogP contribution is -2.48. The van der Waals surface area contributed by atoms with E-state index in [-0.39, 0.29) is 28.4 Å². The molecule has 11 heteroatoms. The van der Waals surface area contributed by atoms with Gasteiger partial charge in [-0.2, -0.15) is 18.2 Å². The van der Waals surface area contributed by atoms with Crippen LogP contribution in [0.25, 0.3) is 11.4 Å². The molecule has 0 unspecified atom stereocenters. The Kier molecular flexibility index (Phi) is 5.94. The average Bonchev–Trinajstić information content (AvgIpc) is 3.37. The second kappa shape index (κ2) is 8.73. The summed E-state index contributed by atoms with van der Waals surface area (Å²) >= 11 is 0. The van der Waals surface area contributed by atoms with Gasteiger partial charge in [-0.15, -0.1) is 0 Å². The molecule has 0 N–H and O–H groups in total. The molecule has 1 atom stereocenters. The Labute approximate surface area is 191 Å². The first-order chi connectivity index (χ1) is 16.1. The van der Waals surface area contributed by atoms with E-state index in [2.05, 4.69) is 10.1 Å². The molecule has 34 heavy (non-hydrogen) atoms. The van der Waals surface area contributed by atoms with Gasteiger partial charge in [-0.3, -0.25) is 14.5 Å². The predicted molar refractivity (Wildman–Crippen MR) is 110 cm³/mol. The highest BCUT2D eigenvalue weighted by atomic mass is 19.4. The Bertz CT molecular complexity index is 1230. The Morgan fingerprint density at radius 2 is 1.71 bits per heavy atom. The molecule has 0 saturated heterocycles. The summed E-state index contributed by atoms with van der Waals surface area (Å²) in [6.07, 6.45) is -4.53. The van der Waals surface area contributed by atoms with Gasteiger partial charge in [0, 0.05) is 5.56 Å². The minimum Gasteiger partial charge on any atom is -0.454 e. The van der Waals surface area contributed by atoms with E-state index in [9.17, 15) is 27.6 Å². The van der Waals surface area contributed by atoms with Crippen molar-refractivity contribution in [3.8, 4) is 11.4 Å². The van der Waals surface area contributed by atoms with Crippen molar-refractivity contribution >= 4 is 17.8 Å². The van der Waals surface area contributed by atoms with Crippen LogP contribution in [0.1, 0.15) is 46.0 Å². The molecule has 0 bridgehead atoms. The number of alkyl halides is 3. The molecule has 0 aliphatic carbocycles. The second-order valence-corrected chi connectivity index (χ2v) is 7.91. The molecule has 0 fully saturated rings. The third-order valence-corrected chi connectivity index (χ3v) is 5.23. The van der Waals surface area contributed by atoms with Crippen molar-refractivity contribution in [2.75, 3.05) is 0 Å². The van der Waals surface area contributed by atoms with Crippen molar-refractivity contribution in [2.24, 2.45) is 5.92 Å². The van der Waals surface area contributed by atoms with Crippen molar-refractivity contribution in [2.45, 2.75) is 32.7 Å². The number of aromatic nitrogens is 2. The summed E-state index contributed by atoms with van der Waals surface area (Å²) in [7, 11) is 0. The maximum atomic E-state index is 12.9. The Morgan fingerprint density at radius 3 is 2.29 bits per heavy atom. The first-order valence-electron chi connectivity index (χ1n) is 10.2. The zero-order valence-corrected chi connectivity index (χ0v) is 18.0. The number of ether oxygens (including phenoxy) is 1. The van der Waals surface area contributed by atoms with Crippen LogP contribution in [0.5, 0.6) is 0 Å². The third kappa shape index (κ3) is 4.28. The number of halogens is 3. The quantitative estimate of drug-likeness (QED) is 0.392. The number of carbonyl (C=O) groups excluding carboxylic acids is 3. The van der Waals surface area contributed by atoms with Gasteiger partial charge < -0.3 is 9.26 Å². The molecule has 1 aliphatic heterocycles. The lowest BCUT2D eigenvalue weighted by Gasteiger charge is -2.27. The number of carbonyl (C=O) groups is 3. The van der Waals surface area contributed by atoms with Crippen molar-refractivity contribution in [1.82, 2.24) is 15.0 Å². The van der Waals surface area contributed by atoms with Gasteiger partial charge in [0.2, 0.25) is 5.82 Å². The molecule has 4 rings (SSSR count). The zero-order chi connectivity index (χ0) is 24.6. The summed E-state index contributed by atoms with van der Waals surface area (Å²) in [4.78, 5) is 43.2. The van der Waals surface area contributed by atoms with E-state index >= 15 is 0 Å². The highest BCUT2D eigenvalue weighted by Crippen LogP contribution is 2.32. The van der Waals surface area contributed by atoms with Gasteiger partial charge in [0.25, 0.3) is 17.7 Å². The summed E-state index contributed by atoms with van der Waals surface area (Å²) in [5, 5.41) is 3.63. The summed E-state index contributed by atoms with van der Waals surface area (Å²) < 4.78 is 49.0. The molecule has 2 heterocycles. The molecule has 0 saturated carbocycles. The fourth-order valence-corrected chi connectivity index (χ4v) is 3.62. The lowest BCUT2D eigenvalue weighted by molar-refractivity contribution is -0.152. The van der Waals surface area contributed by atoms with Crippen LogP contribution in [0.2, 0.25) is 0 Å². The van der Waals surface area contributed by atoms with Gasteiger partial charge in [-0.25, -0.2) is 4.79 Å². The van der Waals surface area contributed by atoms with Gasteiger partial charge >= 0.3 is 12.1 Å². The van der Waals surface area contributed by atoms with E-state index in [1.54, 1.807) is 26.0 Å². The van der Waals surface area contributed by atoms with E-state index in [0.29, 0.717) is 0 Å². The van der Waals surface area contributed by atoms with Gasteiger partial charge in [-0.1, -0.05) is 43.3 Å². The van der Waals surface area contributed by atoms with Crippen LogP contribution in [-0.2, 0) is 22.3 Å². The normalized spacial score (nSPS) is 14.5.